The SMILES string of the molecule is CC(=O)NC(C)C1CC(Br)CC(Br)(C(C)C)C1. The van der Waals surface area contributed by atoms with Gasteiger partial charge in [-0.2, -0.15) is 0 Å². The van der Waals surface area contributed by atoms with E-state index in [2.05, 4.69) is 57.9 Å². The van der Waals surface area contributed by atoms with Gasteiger partial charge in [-0.15, -0.1) is 0 Å². The van der Waals surface area contributed by atoms with Gasteiger partial charge in [0.15, 0.2) is 0 Å². The minimum absolute atomic E-state index is 0.0684. The van der Waals surface area contributed by atoms with Gasteiger partial charge in [0, 0.05) is 22.1 Å². The van der Waals surface area contributed by atoms with Crippen LogP contribution in [0.15, 0.2) is 0 Å². The Morgan fingerprint density at radius 3 is 2.41 bits per heavy atom. The number of carbonyl (C=O) groups is 1. The summed E-state index contributed by atoms with van der Waals surface area (Å²) >= 11 is 7.70. The van der Waals surface area contributed by atoms with Gasteiger partial charge >= 0.3 is 0 Å². The minimum Gasteiger partial charge on any atom is -0.354 e. The number of rotatable bonds is 3. The van der Waals surface area contributed by atoms with Crippen LogP contribution in [-0.2, 0) is 4.79 Å². The van der Waals surface area contributed by atoms with Crippen molar-refractivity contribution in [1.82, 2.24) is 5.32 Å². The number of nitrogens with one attached hydrogen (secondary N) is 1. The molecule has 0 aromatic heterocycles. The first-order valence-electron chi connectivity index (χ1n) is 6.34. The highest BCUT2D eigenvalue weighted by molar-refractivity contribution is 9.10. The summed E-state index contributed by atoms with van der Waals surface area (Å²) in [6.45, 7) is 8.24. The predicted molar refractivity (Wildman–Crippen MR) is 79.8 cm³/mol. The third-order valence-electron chi connectivity index (χ3n) is 3.89. The molecule has 0 heterocycles. The molecule has 1 saturated carbocycles. The van der Waals surface area contributed by atoms with Crippen LogP contribution < -0.4 is 5.32 Å². The molecule has 0 saturated heterocycles. The average Bonchev–Trinajstić information content (AvgIpc) is 2.14. The monoisotopic (exact) mass is 367 g/mol. The van der Waals surface area contributed by atoms with Crippen molar-refractivity contribution in [3.8, 4) is 0 Å². The quantitative estimate of drug-likeness (QED) is 0.753. The lowest BCUT2D eigenvalue weighted by atomic mass is 9.73. The van der Waals surface area contributed by atoms with E-state index in [0.717, 1.165) is 19.3 Å². The molecular weight excluding hydrogens is 346 g/mol. The van der Waals surface area contributed by atoms with Gasteiger partial charge < -0.3 is 5.32 Å². The van der Waals surface area contributed by atoms with E-state index >= 15 is 0 Å². The smallest absolute Gasteiger partial charge is 0.217 e. The van der Waals surface area contributed by atoms with Crippen molar-refractivity contribution < 1.29 is 4.79 Å². The molecule has 0 radical (unpaired) electrons. The van der Waals surface area contributed by atoms with Crippen molar-refractivity contribution in [3.05, 3.63) is 0 Å². The first-order chi connectivity index (χ1) is 7.74. The standard InChI is InChI=1S/C13H23Br2NO/c1-8(2)13(15)6-11(5-12(14)7-13)9(3)16-10(4)17/h8-9,11-12H,5-7H2,1-4H3,(H,16,17). The van der Waals surface area contributed by atoms with Gasteiger partial charge in [0.05, 0.1) is 0 Å². The fourth-order valence-corrected chi connectivity index (χ4v) is 4.97. The van der Waals surface area contributed by atoms with Gasteiger partial charge in [-0.1, -0.05) is 45.7 Å². The maximum atomic E-state index is 11.1. The molecule has 17 heavy (non-hydrogen) atoms. The molecule has 1 aliphatic rings. The lowest BCUT2D eigenvalue weighted by Crippen LogP contribution is -2.46. The highest BCUT2D eigenvalue weighted by Crippen LogP contribution is 2.47. The van der Waals surface area contributed by atoms with Crippen molar-refractivity contribution in [2.75, 3.05) is 0 Å². The Bertz CT molecular complexity index is 283. The van der Waals surface area contributed by atoms with Gasteiger partial charge in [0.1, 0.15) is 0 Å². The maximum Gasteiger partial charge on any atom is 0.217 e. The zero-order chi connectivity index (χ0) is 13.2. The number of amides is 1. The summed E-state index contributed by atoms with van der Waals surface area (Å²) in [6.07, 6.45) is 3.43. The molecule has 0 spiro atoms. The van der Waals surface area contributed by atoms with Gasteiger partial charge in [-0.05, 0) is 38.0 Å². The lowest BCUT2D eigenvalue weighted by molar-refractivity contribution is -0.120. The largest absolute Gasteiger partial charge is 0.354 e. The summed E-state index contributed by atoms with van der Waals surface area (Å²) < 4.78 is 0.205. The van der Waals surface area contributed by atoms with E-state index in [1.54, 1.807) is 6.92 Å². The summed E-state index contributed by atoms with van der Waals surface area (Å²) in [4.78, 5) is 11.7. The minimum atomic E-state index is 0.0684. The second kappa shape index (κ2) is 6.05. The molecule has 4 heteroatoms. The molecule has 4 atom stereocenters. The Morgan fingerprint density at radius 2 is 1.94 bits per heavy atom. The third-order valence-corrected chi connectivity index (χ3v) is 6.15. The second-order valence-corrected chi connectivity index (χ2v) is 8.55. The summed E-state index contributed by atoms with van der Waals surface area (Å²) in [5.41, 5.74) is 0. The van der Waals surface area contributed by atoms with E-state index in [1.807, 2.05) is 0 Å². The highest BCUT2D eigenvalue weighted by atomic mass is 79.9. The molecule has 1 N–H and O–H groups in total. The Hall–Kier alpha value is 0.430. The van der Waals surface area contributed by atoms with Crippen molar-refractivity contribution in [1.29, 1.82) is 0 Å². The first-order valence-corrected chi connectivity index (χ1v) is 8.05. The summed E-state index contributed by atoms with van der Waals surface area (Å²) in [7, 11) is 0. The Labute approximate surface area is 122 Å². The molecule has 0 bridgehead atoms. The second-order valence-electron chi connectivity index (χ2n) is 5.68. The first kappa shape index (κ1) is 15.5. The number of halogens is 2. The zero-order valence-corrected chi connectivity index (χ0v) is 14.3. The molecule has 2 nitrogen and oxygen atoms in total. The van der Waals surface area contributed by atoms with Crippen LogP contribution in [0.2, 0.25) is 0 Å². The summed E-state index contributed by atoms with van der Waals surface area (Å²) in [5, 5.41) is 3.03. The number of carbonyl (C=O) groups excluding carboxylic acids is 1. The topological polar surface area (TPSA) is 29.1 Å². The predicted octanol–water partition coefficient (Wildman–Crippen LogP) is 3.86. The van der Waals surface area contributed by atoms with Crippen LogP contribution in [0.1, 0.15) is 47.0 Å². The van der Waals surface area contributed by atoms with E-state index < -0.39 is 0 Å². The maximum absolute atomic E-state index is 11.1. The van der Waals surface area contributed by atoms with Gasteiger partial charge in [0.2, 0.25) is 5.91 Å². The van der Waals surface area contributed by atoms with Crippen LogP contribution >= 0.6 is 31.9 Å². The Balaban J connectivity index is 2.71. The van der Waals surface area contributed by atoms with Gasteiger partial charge in [0.25, 0.3) is 0 Å². The fourth-order valence-electron chi connectivity index (χ4n) is 2.67. The lowest BCUT2D eigenvalue weighted by Gasteiger charge is -2.44. The molecule has 4 unspecified atom stereocenters. The summed E-state index contributed by atoms with van der Waals surface area (Å²) in [5.74, 6) is 1.22. The van der Waals surface area contributed by atoms with E-state index in [4.69, 9.17) is 0 Å². The fraction of sp³-hybridized carbons (Fsp3) is 0.923. The average molecular weight is 369 g/mol. The molecular formula is C13H23Br2NO. The van der Waals surface area contributed by atoms with E-state index in [-0.39, 0.29) is 16.3 Å². The van der Waals surface area contributed by atoms with Gasteiger partial charge in [-0.25, -0.2) is 0 Å². The molecule has 0 aliphatic heterocycles. The number of hydrogen-bond donors (Lipinski definition) is 1. The van der Waals surface area contributed by atoms with Crippen LogP contribution in [-0.4, -0.2) is 21.1 Å². The molecule has 1 aliphatic carbocycles. The molecule has 1 fully saturated rings. The van der Waals surface area contributed by atoms with E-state index in [9.17, 15) is 4.79 Å². The van der Waals surface area contributed by atoms with E-state index in [1.165, 1.54) is 0 Å². The molecule has 1 rings (SSSR count). The highest BCUT2D eigenvalue weighted by Gasteiger charge is 2.41. The van der Waals surface area contributed by atoms with Crippen molar-refractivity contribution in [3.63, 3.8) is 0 Å². The van der Waals surface area contributed by atoms with E-state index in [0.29, 0.717) is 16.7 Å². The molecule has 1 amide bonds. The molecule has 0 aromatic rings. The van der Waals surface area contributed by atoms with Crippen LogP contribution in [0.25, 0.3) is 0 Å². The normalized spacial score (nSPS) is 35.7. The van der Waals surface area contributed by atoms with Crippen molar-refractivity contribution in [2.24, 2.45) is 11.8 Å². The van der Waals surface area contributed by atoms with Crippen molar-refractivity contribution >= 4 is 37.8 Å². The van der Waals surface area contributed by atoms with Crippen LogP contribution in [0.5, 0.6) is 0 Å². The Kier molecular flexibility index (Phi) is 5.51. The molecule has 100 valence electrons. The number of alkyl halides is 2. The zero-order valence-electron chi connectivity index (χ0n) is 11.1. The van der Waals surface area contributed by atoms with Gasteiger partial charge in [-0.3, -0.25) is 4.79 Å². The third kappa shape index (κ3) is 4.23. The number of hydrogen-bond acceptors (Lipinski definition) is 1. The van der Waals surface area contributed by atoms with Crippen LogP contribution in [0, 0.1) is 11.8 Å². The van der Waals surface area contributed by atoms with Crippen LogP contribution in [0.4, 0.5) is 0 Å². The summed E-state index contributed by atoms with van der Waals surface area (Å²) in [6, 6.07) is 0.253. The van der Waals surface area contributed by atoms with Crippen LogP contribution in [0.3, 0.4) is 0 Å². The van der Waals surface area contributed by atoms with Crippen molar-refractivity contribution in [2.45, 2.75) is 62.2 Å². The molecule has 0 aromatic carbocycles. The Morgan fingerprint density at radius 1 is 1.35 bits per heavy atom.